The lowest BCUT2D eigenvalue weighted by molar-refractivity contribution is 0.405. The van der Waals surface area contributed by atoms with Crippen molar-refractivity contribution in [3.8, 4) is 5.75 Å². The molecule has 0 aromatic heterocycles. The second-order valence-electron chi connectivity index (χ2n) is 5.28. The molecule has 0 saturated carbocycles. The highest BCUT2D eigenvalue weighted by Gasteiger charge is 2.06. The molecule has 1 atom stereocenters. The molecule has 2 aromatic carbocycles. The Morgan fingerprint density at radius 1 is 1.05 bits per heavy atom. The maximum Gasteiger partial charge on any atom is 0.123 e. The summed E-state index contributed by atoms with van der Waals surface area (Å²) in [5.41, 5.74) is 3.88. The molecule has 0 heterocycles. The minimum absolute atomic E-state index is 0.433. The smallest absolute Gasteiger partial charge is 0.123 e. The number of ether oxygens (including phenoxy) is 1. The first-order chi connectivity index (χ1) is 9.69. The van der Waals surface area contributed by atoms with Gasteiger partial charge in [0, 0.05) is 18.2 Å². The van der Waals surface area contributed by atoms with Crippen molar-refractivity contribution in [2.75, 3.05) is 7.11 Å². The van der Waals surface area contributed by atoms with Crippen LogP contribution in [-0.4, -0.2) is 13.2 Å². The second kappa shape index (κ2) is 7.11. The van der Waals surface area contributed by atoms with Crippen LogP contribution in [0.25, 0.3) is 0 Å². The third-order valence-corrected chi connectivity index (χ3v) is 3.50. The molecule has 2 aromatic rings. The van der Waals surface area contributed by atoms with Crippen LogP contribution >= 0.6 is 0 Å². The number of hydrogen-bond acceptors (Lipinski definition) is 2. The molecule has 0 saturated heterocycles. The van der Waals surface area contributed by atoms with Crippen molar-refractivity contribution in [1.82, 2.24) is 5.32 Å². The third kappa shape index (κ3) is 4.10. The molecule has 2 nitrogen and oxygen atoms in total. The highest BCUT2D eigenvalue weighted by atomic mass is 16.5. The van der Waals surface area contributed by atoms with E-state index < -0.39 is 0 Å². The van der Waals surface area contributed by atoms with Crippen LogP contribution in [0.3, 0.4) is 0 Å². The normalized spacial score (nSPS) is 12.2. The van der Waals surface area contributed by atoms with Gasteiger partial charge in [-0.1, -0.05) is 48.0 Å². The van der Waals surface area contributed by atoms with Gasteiger partial charge < -0.3 is 10.1 Å². The summed E-state index contributed by atoms with van der Waals surface area (Å²) in [5, 5.41) is 3.56. The van der Waals surface area contributed by atoms with Crippen molar-refractivity contribution >= 4 is 0 Å². The van der Waals surface area contributed by atoms with Crippen LogP contribution in [0.15, 0.2) is 48.5 Å². The van der Waals surface area contributed by atoms with Gasteiger partial charge in [0.1, 0.15) is 5.75 Å². The number of hydrogen-bond donors (Lipinski definition) is 1. The molecule has 0 fully saturated rings. The molecular weight excluding hydrogens is 246 g/mol. The van der Waals surface area contributed by atoms with Gasteiger partial charge in [-0.25, -0.2) is 0 Å². The maximum absolute atomic E-state index is 5.37. The largest absolute Gasteiger partial charge is 0.496 e. The van der Waals surface area contributed by atoms with E-state index in [9.17, 15) is 0 Å². The first-order valence-corrected chi connectivity index (χ1v) is 7.10. The lowest BCUT2D eigenvalue weighted by Crippen LogP contribution is -2.27. The van der Waals surface area contributed by atoms with Gasteiger partial charge in [0.05, 0.1) is 7.11 Å². The summed E-state index contributed by atoms with van der Waals surface area (Å²) in [4.78, 5) is 0. The predicted molar refractivity (Wildman–Crippen MR) is 84.2 cm³/mol. The number of nitrogens with one attached hydrogen (secondary N) is 1. The van der Waals surface area contributed by atoms with E-state index in [-0.39, 0.29) is 0 Å². The van der Waals surface area contributed by atoms with Gasteiger partial charge in [-0.3, -0.25) is 0 Å². The Labute approximate surface area is 121 Å². The molecule has 0 spiro atoms. The summed E-state index contributed by atoms with van der Waals surface area (Å²) in [5.74, 6) is 0.947. The van der Waals surface area contributed by atoms with Crippen LogP contribution in [0.4, 0.5) is 0 Å². The summed E-state index contributed by atoms with van der Waals surface area (Å²) < 4.78 is 5.37. The van der Waals surface area contributed by atoms with E-state index in [1.807, 2.05) is 18.2 Å². The van der Waals surface area contributed by atoms with E-state index in [1.54, 1.807) is 7.11 Å². The topological polar surface area (TPSA) is 21.3 Å². The van der Waals surface area contributed by atoms with Crippen molar-refractivity contribution < 1.29 is 4.74 Å². The van der Waals surface area contributed by atoms with Gasteiger partial charge in [0.25, 0.3) is 0 Å². The molecule has 20 heavy (non-hydrogen) atoms. The maximum atomic E-state index is 5.37. The molecule has 1 unspecified atom stereocenters. The van der Waals surface area contributed by atoms with Crippen molar-refractivity contribution in [2.24, 2.45) is 0 Å². The van der Waals surface area contributed by atoms with Gasteiger partial charge in [0.15, 0.2) is 0 Å². The lowest BCUT2D eigenvalue weighted by atomic mass is 10.1. The molecule has 2 rings (SSSR count). The summed E-state index contributed by atoms with van der Waals surface area (Å²) in [7, 11) is 1.72. The standard InChI is InChI=1S/C18H23NO/c1-14-8-10-16(11-9-14)12-15(2)19-13-17-6-4-5-7-18(17)20-3/h4-11,15,19H,12-13H2,1-3H3. The van der Waals surface area contributed by atoms with E-state index in [1.165, 1.54) is 16.7 Å². The Hall–Kier alpha value is -1.80. The monoisotopic (exact) mass is 269 g/mol. The van der Waals surface area contributed by atoms with Crippen LogP contribution in [-0.2, 0) is 13.0 Å². The molecular formula is C18H23NO. The van der Waals surface area contributed by atoms with E-state index in [2.05, 4.69) is 49.5 Å². The van der Waals surface area contributed by atoms with Gasteiger partial charge in [-0.2, -0.15) is 0 Å². The van der Waals surface area contributed by atoms with Crippen LogP contribution < -0.4 is 10.1 Å². The number of benzene rings is 2. The van der Waals surface area contributed by atoms with Crippen LogP contribution in [0.1, 0.15) is 23.6 Å². The molecule has 106 valence electrons. The third-order valence-electron chi connectivity index (χ3n) is 3.50. The van der Waals surface area contributed by atoms with Crippen LogP contribution in [0.5, 0.6) is 5.75 Å². The molecule has 0 radical (unpaired) electrons. The van der Waals surface area contributed by atoms with E-state index in [0.717, 1.165) is 18.7 Å². The molecule has 0 amide bonds. The van der Waals surface area contributed by atoms with Gasteiger partial charge >= 0.3 is 0 Å². The Bertz CT molecular complexity index is 533. The first kappa shape index (κ1) is 14.6. The average molecular weight is 269 g/mol. The van der Waals surface area contributed by atoms with Gasteiger partial charge in [-0.05, 0) is 31.9 Å². The molecule has 1 N–H and O–H groups in total. The Balaban J connectivity index is 1.88. The summed E-state index contributed by atoms with van der Waals surface area (Å²) >= 11 is 0. The molecule has 0 aliphatic heterocycles. The van der Waals surface area contributed by atoms with E-state index in [4.69, 9.17) is 4.74 Å². The minimum atomic E-state index is 0.433. The van der Waals surface area contributed by atoms with Gasteiger partial charge in [-0.15, -0.1) is 0 Å². The zero-order chi connectivity index (χ0) is 14.4. The van der Waals surface area contributed by atoms with Crippen LogP contribution in [0.2, 0.25) is 0 Å². The van der Waals surface area contributed by atoms with Crippen molar-refractivity contribution in [2.45, 2.75) is 32.9 Å². The summed E-state index contributed by atoms with van der Waals surface area (Å²) in [6.45, 7) is 5.17. The highest BCUT2D eigenvalue weighted by Crippen LogP contribution is 2.17. The lowest BCUT2D eigenvalue weighted by Gasteiger charge is -2.15. The number of rotatable bonds is 6. The minimum Gasteiger partial charge on any atom is -0.496 e. The molecule has 2 heteroatoms. The van der Waals surface area contributed by atoms with E-state index >= 15 is 0 Å². The van der Waals surface area contributed by atoms with Crippen molar-refractivity contribution in [1.29, 1.82) is 0 Å². The SMILES string of the molecule is COc1ccccc1CNC(C)Cc1ccc(C)cc1. The van der Waals surface area contributed by atoms with Crippen molar-refractivity contribution in [3.05, 3.63) is 65.2 Å². The van der Waals surface area contributed by atoms with Crippen LogP contribution in [0, 0.1) is 6.92 Å². The predicted octanol–water partition coefficient (Wildman–Crippen LogP) is 3.72. The Morgan fingerprint density at radius 3 is 2.45 bits per heavy atom. The fraction of sp³-hybridized carbons (Fsp3) is 0.333. The number of aryl methyl sites for hydroxylation is 1. The fourth-order valence-electron chi connectivity index (χ4n) is 2.28. The number of methoxy groups -OCH3 is 1. The molecule has 0 aliphatic carbocycles. The average Bonchev–Trinajstić information content (AvgIpc) is 2.48. The highest BCUT2D eigenvalue weighted by molar-refractivity contribution is 5.33. The number of para-hydroxylation sites is 1. The second-order valence-corrected chi connectivity index (χ2v) is 5.28. The fourth-order valence-corrected chi connectivity index (χ4v) is 2.28. The van der Waals surface area contributed by atoms with E-state index in [0.29, 0.717) is 6.04 Å². The first-order valence-electron chi connectivity index (χ1n) is 7.10. The summed E-state index contributed by atoms with van der Waals surface area (Å²) in [6, 6.07) is 17.3. The molecule has 0 bridgehead atoms. The molecule has 0 aliphatic rings. The van der Waals surface area contributed by atoms with Crippen molar-refractivity contribution in [3.63, 3.8) is 0 Å². The zero-order valence-corrected chi connectivity index (χ0v) is 12.5. The zero-order valence-electron chi connectivity index (χ0n) is 12.5. The Morgan fingerprint density at radius 2 is 1.75 bits per heavy atom. The summed E-state index contributed by atoms with van der Waals surface area (Å²) in [6.07, 6.45) is 1.04. The quantitative estimate of drug-likeness (QED) is 0.863. The van der Waals surface area contributed by atoms with Gasteiger partial charge in [0.2, 0.25) is 0 Å². The Kier molecular flexibility index (Phi) is 5.19.